The number of hydrogen-bond donors (Lipinski definition) is 2. The van der Waals surface area contributed by atoms with Crippen LogP contribution in [0.2, 0.25) is 0 Å². The van der Waals surface area contributed by atoms with Crippen LogP contribution in [0.15, 0.2) is 12.1 Å². The van der Waals surface area contributed by atoms with E-state index in [4.69, 9.17) is 9.47 Å². The maximum atomic E-state index is 12.2. The first-order valence-electron chi connectivity index (χ1n) is 6.37. The molecule has 6 nitrogen and oxygen atoms in total. The zero-order valence-electron chi connectivity index (χ0n) is 10.9. The summed E-state index contributed by atoms with van der Waals surface area (Å²) in [5, 5.41) is 19.2. The van der Waals surface area contributed by atoms with Gasteiger partial charge in [0.2, 0.25) is 0 Å². The quantitative estimate of drug-likeness (QED) is 0.757. The average molecular weight is 278 g/mol. The first-order chi connectivity index (χ1) is 9.39. The third-order valence-electron chi connectivity index (χ3n) is 3.77. The van der Waals surface area contributed by atoms with E-state index in [0.29, 0.717) is 12.8 Å². The normalized spacial score (nSPS) is 28.8. The molecule has 2 heterocycles. The maximum absolute atomic E-state index is 12.2. The molecule has 0 saturated carbocycles. The summed E-state index contributed by atoms with van der Waals surface area (Å²) < 4.78 is 11.0. The number of ketones is 1. The number of cyclic esters (lactones) is 1. The molecule has 6 heteroatoms. The molecule has 2 aliphatic rings. The van der Waals surface area contributed by atoms with Crippen molar-refractivity contribution in [1.82, 2.24) is 0 Å². The smallest absolute Gasteiger partial charge is 0.306 e. The van der Waals surface area contributed by atoms with Crippen LogP contribution in [-0.2, 0) is 9.53 Å². The molecule has 0 radical (unpaired) electrons. The van der Waals surface area contributed by atoms with Gasteiger partial charge in [-0.3, -0.25) is 9.59 Å². The number of hydrogen-bond acceptors (Lipinski definition) is 6. The maximum Gasteiger partial charge on any atom is 0.306 e. The number of phenols is 2. The predicted molar refractivity (Wildman–Crippen MR) is 66.9 cm³/mol. The van der Waals surface area contributed by atoms with Crippen molar-refractivity contribution in [3.8, 4) is 17.2 Å². The Morgan fingerprint density at radius 1 is 1.30 bits per heavy atom. The van der Waals surface area contributed by atoms with Crippen molar-refractivity contribution in [2.75, 3.05) is 0 Å². The van der Waals surface area contributed by atoms with Crippen LogP contribution in [-0.4, -0.2) is 33.7 Å². The van der Waals surface area contributed by atoms with Gasteiger partial charge in [-0.25, -0.2) is 0 Å². The van der Waals surface area contributed by atoms with Gasteiger partial charge in [0.15, 0.2) is 11.4 Å². The molecule has 0 spiro atoms. The lowest BCUT2D eigenvalue weighted by Gasteiger charge is -2.38. The van der Waals surface area contributed by atoms with Crippen LogP contribution in [0.25, 0.3) is 0 Å². The fraction of sp³-hybridized carbons (Fsp3) is 0.429. The third-order valence-corrected chi connectivity index (χ3v) is 3.77. The highest BCUT2D eigenvalue weighted by Gasteiger charge is 2.48. The van der Waals surface area contributed by atoms with Gasteiger partial charge in [-0.2, -0.15) is 0 Å². The van der Waals surface area contributed by atoms with Gasteiger partial charge < -0.3 is 19.7 Å². The molecule has 0 amide bonds. The summed E-state index contributed by atoms with van der Waals surface area (Å²) in [4.78, 5) is 23.4. The molecule has 3 rings (SSSR count). The second kappa shape index (κ2) is 4.13. The van der Waals surface area contributed by atoms with Crippen LogP contribution < -0.4 is 4.74 Å². The van der Waals surface area contributed by atoms with Crippen LogP contribution in [0.4, 0.5) is 0 Å². The van der Waals surface area contributed by atoms with Crippen molar-refractivity contribution in [3.05, 3.63) is 17.7 Å². The highest BCUT2D eigenvalue weighted by molar-refractivity contribution is 6.03. The van der Waals surface area contributed by atoms with E-state index in [2.05, 4.69) is 0 Å². The number of aromatic hydroxyl groups is 2. The largest absolute Gasteiger partial charge is 0.508 e. The minimum Gasteiger partial charge on any atom is -0.508 e. The highest BCUT2D eigenvalue weighted by atomic mass is 16.6. The molecule has 106 valence electrons. The van der Waals surface area contributed by atoms with Gasteiger partial charge in [-0.15, -0.1) is 0 Å². The molecule has 0 unspecified atom stereocenters. The number of carbonyl (C=O) groups is 2. The Bertz CT molecular complexity index is 608. The Morgan fingerprint density at radius 3 is 2.70 bits per heavy atom. The van der Waals surface area contributed by atoms with E-state index in [1.54, 1.807) is 6.92 Å². The number of ether oxygens (including phenoxy) is 2. The Balaban J connectivity index is 1.99. The van der Waals surface area contributed by atoms with Crippen LogP contribution in [0.5, 0.6) is 17.2 Å². The van der Waals surface area contributed by atoms with Crippen molar-refractivity contribution in [2.45, 2.75) is 37.9 Å². The van der Waals surface area contributed by atoms with Gasteiger partial charge in [0, 0.05) is 18.6 Å². The Morgan fingerprint density at radius 2 is 2.05 bits per heavy atom. The number of esters is 1. The van der Waals surface area contributed by atoms with Gasteiger partial charge in [0.1, 0.15) is 28.9 Å². The van der Waals surface area contributed by atoms with E-state index in [9.17, 15) is 19.8 Å². The van der Waals surface area contributed by atoms with E-state index in [0.717, 1.165) is 6.07 Å². The topological polar surface area (TPSA) is 93.1 Å². The summed E-state index contributed by atoms with van der Waals surface area (Å²) in [5.74, 6) is -0.993. The van der Waals surface area contributed by atoms with Crippen molar-refractivity contribution in [1.29, 1.82) is 0 Å². The van der Waals surface area contributed by atoms with E-state index < -0.39 is 11.7 Å². The number of rotatable bonds is 1. The molecule has 2 atom stereocenters. The zero-order chi connectivity index (χ0) is 14.5. The van der Waals surface area contributed by atoms with Crippen molar-refractivity contribution in [3.63, 3.8) is 0 Å². The molecule has 1 aromatic rings. The van der Waals surface area contributed by atoms with Crippen LogP contribution >= 0.6 is 0 Å². The Hall–Kier alpha value is -2.24. The molecule has 0 bridgehead atoms. The zero-order valence-corrected chi connectivity index (χ0v) is 10.9. The summed E-state index contributed by atoms with van der Waals surface area (Å²) in [5.41, 5.74) is -0.916. The predicted octanol–water partition coefficient (Wildman–Crippen LogP) is 1.53. The number of carbonyl (C=O) groups excluding carboxylic acids is 2. The van der Waals surface area contributed by atoms with E-state index in [1.165, 1.54) is 6.07 Å². The number of benzene rings is 1. The molecule has 2 N–H and O–H groups in total. The Labute approximate surface area is 114 Å². The van der Waals surface area contributed by atoms with Crippen LogP contribution in [0.3, 0.4) is 0 Å². The lowest BCUT2D eigenvalue weighted by atomic mass is 9.85. The lowest BCUT2D eigenvalue weighted by Crippen LogP contribution is -2.49. The summed E-state index contributed by atoms with van der Waals surface area (Å²) in [7, 11) is 0. The molecule has 2 aliphatic heterocycles. The van der Waals surface area contributed by atoms with Gasteiger partial charge in [-0.05, 0) is 13.3 Å². The standard InChI is InChI=1S/C14H14O6/c1-14(11-2-3-12(18)19-11)6-9(17)13-8(16)4-7(15)5-10(13)20-14/h4-5,11,15-16H,2-3,6H2,1H3/t11-,14+/m0/s1. The van der Waals surface area contributed by atoms with Gasteiger partial charge in [0.05, 0.1) is 6.42 Å². The minimum atomic E-state index is -0.976. The minimum absolute atomic E-state index is 0.0102. The van der Waals surface area contributed by atoms with Crippen LogP contribution in [0.1, 0.15) is 36.5 Å². The summed E-state index contributed by atoms with van der Waals surface area (Å²) in [6.45, 7) is 1.69. The van der Waals surface area contributed by atoms with Gasteiger partial charge >= 0.3 is 5.97 Å². The summed E-state index contributed by atoms with van der Waals surface area (Å²) in [6.07, 6.45) is 0.297. The van der Waals surface area contributed by atoms with Crippen molar-refractivity contribution >= 4 is 11.8 Å². The third kappa shape index (κ3) is 1.88. The van der Waals surface area contributed by atoms with Gasteiger partial charge in [0.25, 0.3) is 0 Å². The first-order valence-corrected chi connectivity index (χ1v) is 6.37. The number of fused-ring (bicyclic) bond motifs is 1. The van der Waals surface area contributed by atoms with Crippen molar-refractivity contribution < 1.29 is 29.3 Å². The van der Waals surface area contributed by atoms with E-state index in [1.807, 2.05) is 0 Å². The van der Waals surface area contributed by atoms with Crippen molar-refractivity contribution in [2.24, 2.45) is 0 Å². The molecule has 1 saturated heterocycles. The SMILES string of the molecule is C[C@]1([C@@H]2CCC(=O)O2)CC(=O)c2c(O)cc(O)cc2O1. The monoisotopic (exact) mass is 278 g/mol. The van der Waals surface area contributed by atoms with Crippen LogP contribution in [0, 0.1) is 0 Å². The highest BCUT2D eigenvalue weighted by Crippen LogP contribution is 2.43. The first kappa shape index (κ1) is 12.8. The Kier molecular flexibility index (Phi) is 2.64. The fourth-order valence-corrected chi connectivity index (χ4v) is 2.78. The fourth-order valence-electron chi connectivity index (χ4n) is 2.78. The number of phenolic OH excluding ortho intramolecular Hbond substituents is 2. The second-order valence-corrected chi connectivity index (χ2v) is 5.37. The molecule has 20 heavy (non-hydrogen) atoms. The summed E-state index contributed by atoms with van der Waals surface area (Å²) in [6, 6.07) is 2.37. The van der Waals surface area contributed by atoms with E-state index in [-0.39, 0.29) is 41.0 Å². The van der Waals surface area contributed by atoms with E-state index >= 15 is 0 Å². The van der Waals surface area contributed by atoms with Gasteiger partial charge in [-0.1, -0.05) is 0 Å². The number of Topliss-reactive ketones (excluding diaryl/α,β-unsaturated/α-hetero) is 1. The lowest BCUT2D eigenvalue weighted by molar-refractivity contribution is -0.149. The molecule has 0 aliphatic carbocycles. The molecule has 1 aromatic carbocycles. The average Bonchev–Trinajstić information content (AvgIpc) is 2.74. The summed E-state index contributed by atoms with van der Waals surface area (Å²) >= 11 is 0. The second-order valence-electron chi connectivity index (χ2n) is 5.37. The molecular formula is C14H14O6. The molecule has 1 fully saturated rings. The molecule has 0 aromatic heterocycles. The molecular weight excluding hydrogens is 264 g/mol.